The van der Waals surface area contributed by atoms with Gasteiger partial charge in [0.2, 0.25) is 0 Å². The molecule has 2 rings (SSSR count). The molecule has 0 aliphatic carbocycles. The summed E-state index contributed by atoms with van der Waals surface area (Å²) in [5.41, 5.74) is 2.69. The fourth-order valence-corrected chi connectivity index (χ4v) is 2.97. The Morgan fingerprint density at radius 2 is 2.20 bits per heavy atom. The van der Waals surface area contributed by atoms with Crippen molar-refractivity contribution in [3.05, 3.63) is 48.4 Å². The van der Waals surface area contributed by atoms with Gasteiger partial charge < -0.3 is 5.32 Å². The van der Waals surface area contributed by atoms with Crippen molar-refractivity contribution in [3.63, 3.8) is 0 Å². The maximum Gasteiger partial charge on any atom is 0.273 e. The molecule has 5 nitrogen and oxygen atoms in total. The minimum atomic E-state index is -0.373. The highest BCUT2D eigenvalue weighted by molar-refractivity contribution is 9.10. The van der Waals surface area contributed by atoms with Crippen LogP contribution in [0.25, 0.3) is 0 Å². The van der Waals surface area contributed by atoms with Gasteiger partial charge in [0, 0.05) is 40.1 Å². The van der Waals surface area contributed by atoms with Crippen molar-refractivity contribution >= 4 is 38.6 Å². The summed E-state index contributed by atoms with van der Waals surface area (Å²) in [6.07, 6.45) is 0.826. The van der Waals surface area contributed by atoms with E-state index in [-0.39, 0.29) is 10.6 Å². The largest absolute Gasteiger partial charge is 0.384 e. The molecule has 0 amide bonds. The molecular weight excluding hydrogens is 342 g/mol. The number of hydrogen-bond donors (Lipinski definition) is 1. The number of rotatable bonds is 5. The number of aromatic nitrogens is 1. The summed E-state index contributed by atoms with van der Waals surface area (Å²) in [5, 5.41) is 17.2. The lowest BCUT2D eigenvalue weighted by Crippen LogP contribution is -2.06. The van der Waals surface area contributed by atoms with E-state index >= 15 is 0 Å². The highest BCUT2D eigenvalue weighted by Crippen LogP contribution is 2.30. The van der Waals surface area contributed by atoms with Crippen LogP contribution in [0, 0.1) is 24.0 Å². The Kier molecular flexibility index (Phi) is 4.72. The Morgan fingerprint density at radius 3 is 2.80 bits per heavy atom. The van der Waals surface area contributed by atoms with E-state index in [1.807, 2.05) is 12.3 Å². The second-order valence-electron chi connectivity index (χ2n) is 4.41. The quantitative estimate of drug-likeness (QED) is 0.647. The van der Waals surface area contributed by atoms with Crippen molar-refractivity contribution in [1.29, 1.82) is 0 Å². The zero-order valence-corrected chi connectivity index (χ0v) is 13.5. The van der Waals surface area contributed by atoms with Gasteiger partial charge in [-0.25, -0.2) is 4.98 Å². The topological polar surface area (TPSA) is 68.1 Å². The molecule has 0 saturated carbocycles. The molecule has 2 aromatic rings. The van der Waals surface area contributed by atoms with Crippen LogP contribution in [-0.4, -0.2) is 16.5 Å². The minimum absolute atomic E-state index is 0.123. The van der Waals surface area contributed by atoms with Crippen LogP contribution in [0.3, 0.4) is 0 Å². The van der Waals surface area contributed by atoms with Crippen LogP contribution in [0.2, 0.25) is 0 Å². The molecule has 0 unspecified atom stereocenters. The van der Waals surface area contributed by atoms with Crippen molar-refractivity contribution in [1.82, 2.24) is 4.98 Å². The summed E-state index contributed by atoms with van der Waals surface area (Å²) in [7, 11) is 0. The molecule has 1 aromatic heterocycles. The lowest BCUT2D eigenvalue weighted by atomic mass is 10.2. The number of nitrogens with zero attached hydrogens (tertiary/aromatic N) is 2. The van der Waals surface area contributed by atoms with E-state index in [9.17, 15) is 10.1 Å². The highest BCUT2D eigenvalue weighted by atomic mass is 79.9. The second-order valence-corrected chi connectivity index (χ2v) is 6.33. The first-order valence-corrected chi connectivity index (χ1v) is 7.74. The maximum atomic E-state index is 10.8. The highest BCUT2D eigenvalue weighted by Gasteiger charge is 2.13. The van der Waals surface area contributed by atoms with Crippen LogP contribution >= 0.6 is 27.3 Å². The molecule has 0 fully saturated rings. The number of benzene rings is 1. The number of thiazole rings is 1. The lowest BCUT2D eigenvalue weighted by molar-refractivity contribution is -0.385. The summed E-state index contributed by atoms with van der Waals surface area (Å²) in [5.74, 6) is 0. The summed E-state index contributed by atoms with van der Waals surface area (Å²) < 4.78 is 0.698. The first-order chi connectivity index (χ1) is 9.47. The van der Waals surface area contributed by atoms with Gasteiger partial charge in [0.1, 0.15) is 0 Å². The third-order valence-electron chi connectivity index (χ3n) is 2.85. The van der Waals surface area contributed by atoms with E-state index in [1.165, 1.54) is 6.07 Å². The molecule has 0 spiro atoms. The summed E-state index contributed by atoms with van der Waals surface area (Å²) >= 11 is 5.00. The van der Waals surface area contributed by atoms with Crippen LogP contribution < -0.4 is 5.32 Å². The number of nitrogens with one attached hydrogen (secondary N) is 1. The zero-order chi connectivity index (χ0) is 14.7. The first kappa shape index (κ1) is 14.9. The first-order valence-electron chi connectivity index (χ1n) is 6.07. The van der Waals surface area contributed by atoms with E-state index in [1.54, 1.807) is 24.3 Å². The number of aryl methyl sites for hydroxylation is 2. The smallest absolute Gasteiger partial charge is 0.273 e. The number of halogens is 1. The molecule has 0 atom stereocenters. The molecule has 106 valence electrons. The Hall–Kier alpha value is -1.47. The monoisotopic (exact) mass is 355 g/mol. The number of nitro benzene ring substituents is 1. The normalized spacial score (nSPS) is 10.6. The Labute approximate surface area is 129 Å². The van der Waals surface area contributed by atoms with Crippen molar-refractivity contribution in [2.45, 2.75) is 20.3 Å². The van der Waals surface area contributed by atoms with Crippen LogP contribution in [0.1, 0.15) is 16.3 Å². The van der Waals surface area contributed by atoms with Gasteiger partial charge in [0.25, 0.3) is 5.69 Å². The molecule has 0 aliphatic heterocycles. The van der Waals surface area contributed by atoms with Crippen molar-refractivity contribution in [2.75, 3.05) is 11.9 Å². The number of hydrogen-bond acceptors (Lipinski definition) is 5. The minimum Gasteiger partial charge on any atom is -0.384 e. The molecule has 0 radical (unpaired) electrons. The zero-order valence-electron chi connectivity index (χ0n) is 11.1. The van der Waals surface area contributed by atoms with Gasteiger partial charge in [-0.15, -0.1) is 11.3 Å². The Bertz CT molecular complexity index is 643. The summed E-state index contributed by atoms with van der Waals surface area (Å²) in [6.45, 7) is 4.45. The molecule has 0 saturated heterocycles. The summed E-state index contributed by atoms with van der Waals surface area (Å²) in [6, 6.07) is 3.32. The fraction of sp³-hybridized carbons (Fsp3) is 0.308. The number of anilines is 1. The molecule has 7 heteroatoms. The number of nitro groups is 1. The lowest BCUT2D eigenvalue weighted by Gasteiger charge is -2.09. The second kappa shape index (κ2) is 6.32. The predicted molar refractivity (Wildman–Crippen MR) is 84.6 cm³/mol. The van der Waals surface area contributed by atoms with Gasteiger partial charge in [-0.1, -0.05) is 0 Å². The summed E-state index contributed by atoms with van der Waals surface area (Å²) in [4.78, 5) is 14.9. The van der Waals surface area contributed by atoms with Crippen LogP contribution in [0.15, 0.2) is 22.0 Å². The molecule has 20 heavy (non-hydrogen) atoms. The SMILES string of the molecule is Cc1nc(CCNc2cc(C)c([N+](=O)[O-])cc2Br)cs1. The predicted octanol–water partition coefficient (Wildman–Crippen LogP) is 4.09. The third kappa shape index (κ3) is 3.55. The average Bonchev–Trinajstić information content (AvgIpc) is 2.78. The van der Waals surface area contributed by atoms with Crippen molar-refractivity contribution in [3.8, 4) is 0 Å². The molecule has 1 N–H and O–H groups in total. The van der Waals surface area contributed by atoms with Gasteiger partial charge in [-0.3, -0.25) is 10.1 Å². The van der Waals surface area contributed by atoms with Gasteiger partial charge in [-0.2, -0.15) is 0 Å². The van der Waals surface area contributed by atoms with E-state index in [0.29, 0.717) is 10.0 Å². The average molecular weight is 356 g/mol. The van der Waals surface area contributed by atoms with Crippen LogP contribution in [0.5, 0.6) is 0 Å². The van der Waals surface area contributed by atoms with E-state index in [2.05, 4.69) is 26.2 Å². The third-order valence-corrected chi connectivity index (χ3v) is 4.32. The molecule has 1 aromatic carbocycles. The molecular formula is C13H14BrN3O2S. The van der Waals surface area contributed by atoms with Crippen molar-refractivity contribution < 1.29 is 4.92 Å². The van der Waals surface area contributed by atoms with E-state index in [4.69, 9.17) is 0 Å². The van der Waals surface area contributed by atoms with Gasteiger partial charge in [0.05, 0.1) is 15.6 Å². The Morgan fingerprint density at radius 1 is 1.45 bits per heavy atom. The molecule has 0 bridgehead atoms. The van der Waals surface area contributed by atoms with E-state index in [0.717, 1.165) is 29.4 Å². The van der Waals surface area contributed by atoms with Gasteiger partial charge in [-0.05, 0) is 35.8 Å². The fourth-order valence-electron chi connectivity index (χ4n) is 1.85. The molecule has 1 heterocycles. The standard InChI is InChI=1S/C13H14BrN3O2S/c1-8-5-12(11(14)6-13(8)17(18)19)15-4-3-10-7-20-9(2)16-10/h5-7,15H,3-4H2,1-2H3. The maximum absolute atomic E-state index is 10.8. The van der Waals surface area contributed by atoms with Crippen LogP contribution in [-0.2, 0) is 6.42 Å². The van der Waals surface area contributed by atoms with E-state index < -0.39 is 0 Å². The van der Waals surface area contributed by atoms with Gasteiger partial charge >= 0.3 is 0 Å². The molecule has 0 aliphatic rings. The van der Waals surface area contributed by atoms with Crippen molar-refractivity contribution in [2.24, 2.45) is 0 Å². The van der Waals surface area contributed by atoms with Gasteiger partial charge in [0.15, 0.2) is 0 Å². The Balaban J connectivity index is 2.03. The van der Waals surface area contributed by atoms with Crippen LogP contribution in [0.4, 0.5) is 11.4 Å².